The van der Waals surface area contributed by atoms with Gasteiger partial charge in [-0.25, -0.2) is 4.39 Å². The van der Waals surface area contributed by atoms with Crippen molar-refractivity contribution in [3.63, 3.8) is 0 Å². The summed E-state index contributed by atoms with van der Waals surface area (Å²) < 4.78 is 12.9. The number of piperidine rings is 1. The van der Waals surface area contributed by atoms with Gasteiger partial charge in [0.1, 0.15) is 5.82 Å². The molecule has 4 heteroatoms. The van der Waals surface area contributed by atoms with Crippen LogP contribution in [0.25, 0.3) is 0 Å². The van der Waals surface area contributed by atoms with Crippen LogP contribution in [0.1, 0.15) is 37.2 Å². The van der Waals surface area contributed by atoms with Gasteiger partial charge < -0.3 is 10.4 Å². The number of benzene rings is 1. The Kier molecular flexibility index (Phi) is 4.91. The van der Waals surface area contributed by atoms with Crippen LogP contribution in [-0.4, -0.2) is 24.2 Å². The summed E-state index contributed by atoms with van der Waals surface area (Å²) in [5.41, 5.74) is 0.697. The zero-order chi connectivity index (χ0) is 13.7. The SMILES string of the molecule is O=C(O)C(CCC1CCNCC1)c1ccc(F)cc1. The summed E-state index contributed by atoms with van der Waals surface area (Å²) in [5.74, 6) is -1.05. The van der Waals surface area contributed by atoms with Crippen LogP contribution in [0.15, 0.2) is 24.3 Å². The van der Waals surface area contributed by atoms with E-state index < -0.39 is 11.9 Å². The molecule has 0 aliphatic carbocycles. The Labute approximate surface area is 112 Å². The lowest BCUT2D eigenvalue weighted by atomic mass is 9.86. The van der Waals surface area contributed by atoms with Crippen LogP contribution in [-0.2, 0) is 4.79 Å². The highest BCUT2D eigenvalue weighted by molar-refractivity contribution is 5.75. The zero-order valence-electron chi connectivity index (χ0n) is 10.9. The Hall–Kier alpha value is -1.42. The van der Waals surface area contributed by atoms with E-state index in [9.17, 15) is 14.3 Å². The van der Waals surface area contributed by atoms with Crippen LogP contribution in [0.5, 0.6) is 0 Å². The summed E-state index contributed by atoms with van der Waals surface area (Å²) in [6.45, 7) is 2.05. The fourth-order valence-corrected chi connectivity index (χ4v) is 2.70. The summed E-state index contributed by atoms with van der Waals surface area (Å²) in [4.78, 5) is 11.4. The number of hydrogen-bond acceptors (Lipinski definition) is 2. The second-order valence-electron chi connectivity index (χ2n) is 5.21. The molecule has 1 aliphatic rings. The lowest BCUT2D eigenvalue weighted by molar-refractivity contribution is -0.139. The predicted molar refractivity (Wildman–Crippen MR) is 71.6 cm³/mol. The first-order valence-electron chi connectivity index (χ1n) is 6.86. The van der Waals surface area contributed by atoms with E-state index in [1.807, 2.05) is 0 Å². The molecule has 1 unspecified atom stereocenters. The van der Waals surface area contributed by atoms with Crippen LogP contribution in [0.4, 0.5) is 4.39 Å². The van der Waals surface area contributed by atoms with Crippen LogP contribution >= 0.6 is 0 Å². The minimum Gasteiger partial charge on any atom is -0.481 e. The highest BCUT2D eigenvalue weighted by Gasteiger charge is 2.22. The van der Waals surface area contributed by atoms with E-state index >= 15 is 0 Å². The molecule has 0 saturated carbocycles. The lowest BCUT2D eigenvalue weighted by Gasteiger charge is -2.23. The van der Waals surface area contributed by atoms with Crippen molar-refractivity contribution in [1.82, 2.24) is 5.32 Å². The number of carboxylic acids is 1. The molecule has 19 heavy (non-hydrogen) atoms. The molecule has 1 heterocycles. The molecule has 2 N–H and O–H groups in total. The van der Waals surface area contributed by atoms with Gasteiger partial charge in [0.2, 0.25) is 0 Å². The highest BCUT2D eigenvalue weighted by Crippen LogP contribution is 2.27. The molecule has 1 aromatic rings. The third kappa shape index (κ3) is 4.03. The summed E-state index contributed by atoms with van der Waals surface area (Å²) in [7, 11) is 0. The van der Waals surface area contributed by atoms with E-state index in [4.69, 9.17) is 0 Å². The van der Waals surface area contributed by atoms with Crippen molar-refractivity contribution < 1.29 is 14.3 Å². The number of carbonyl (C=O) groups is 1. The van der Waals surface area contributed by atoms with E-state index in [2.05, 4.69) is 5.32 Å². The summed E-state index contributed by atoms with van der Waals surface area (Å²) in [5, 5.41) is 12.6. The van der Waals surface area contributed by atoms with Crippen molar-refractivity contribution in [2.45, 2.75) is 31.6 Å². The molecule has 0 spiro atoms. The molecule has 0 amide bonds. The van der Waals surface area contributed by atoms with Crippen LogP contribution in [0.3, 0.4) is 0 Å². The highest BCUT2D eigenvalue weighted by atomic mass is 19.1. The van der Waals surface area contributed by atoms with Gasteiger partial charge in [0.15, 0.2) is 0 Å². The van der Waals surface area contributed by atoms with Gasteiger partial charge in [-0.05, 0) is 62.4 Å². The third-order valence-corrected chi connectivity index (χ3v) is 3.89. The fourth-order valence-electron chi connectivity index (χ4n) is 2.70. The molecule has 0 radical (unpaired) electrons. The first-order valence-corrected chi connectivity index (χ1v) is 6.86. The predicted octanol–water partition coefficient (Wildman–Crippen LogP) is 2.77. The average Bonchev–Trinajstić information content (AvgIpc) is 2.42. The second kappa shape index (κ2) is 6.66. The van der Waals surface area contributed by atoms with Crippen molar-refractivity contribution >= 4 is 5.97 Å². The Morgan fingerprint density at radius 2 is 1.95 bits per heavy atom. The standard InChI is InChI=1S/C15H20FNO2/c16-13-4-2-12(3-5-13)14(15(18)19)6-1-11-7-9-17-10-8-11/h2-5,11,14,17H,1,6-10H2,(H,18,19). The maximum Gasteiger partial charge on any atom is 0.310 e. The van der Waals surface area contributed by atoms with Crippen molar-refractivity contribution in [3.8, 4) is 0 Å². The third-order valence-electron chi connectivity index (χ3n) is 3.89. The fraction of sp³-hybridized carbons (Fsp3) is 0.533. The topological polar surface area (TPSA) is 49.3 Å². The van der Waals surface area contributed by atoms with Crippen molar-refractivity contribution in [2.24, 2.45) is 5.92 Å². The Balaban J connectivity index is 1.96. The Morgan fingerprint density at radius 3 is 2.53 bits per heavy atom. The number of carboxylic acid groups (broad SMARTS) is 1. The molecule has 1 atom stereocenters. The molecule has 3 nitrogen and oxygen atoms in total. The average molecular weight is 265 g/mol. The minimum absolute atomic E-state index is 0.328. The quantitative estimate of drug-likeness (QED) is 0.860. The van der Waals surface area contributed by atoms with Gasteiger partial charge in [0.25, 0.3) is 0 Å². The van der Waals surface area contributed by atoms with Crippen molar-refractivity contribution in [3.05, 3.63) is 35.6 Å². The van der Waals surface area contributed by atoms with Gasteiger partial charge in [0.05, 0.1) is 5.92 Å². The van der Waals surface area contributed by atoms with Gasteiger partial charge in [0, 0.05) is 0 Å². The first-order chi connectivity index (χ1) is 9.16. The van der Waals surface area contributed by atoms with E-state index in [1.165, 1.54) is 12.1 Å². The van der Waals surface area contributed by atoms with Crippen molar-refractivity contribution in [2.75, 3.05) is 13.1 Å². The molecule has 0 aromatic heterocycles. The van der Waals surface area contributed by atoms with Crippen LogP contribution in [0, 0.1) is 11.7 Å². The molecule has 104 valence electrons. The second-order valence-corrected chi connectivity index (χ2v) is 5.21. The molecule has 1 saturated heterocycles. The maximum atomic E-state index is 12.9. The molecule has 0 bridgehead atoms. The largest absolute Gasteiger partial charge is 0.481 e. The number of aliphatic carboxylic acids is 1. The number of hydrogen-bond donors (Lipinski definition) is 2. The molecular weight excluding hydrogens is 245 g/mol. The maximum absolute atomic E-state index is 12.9. The molecular formula is C15H20FNO2. The van der Waals surface area contributed by atoms with Crippen LogP contribution in [0.2, 0.25) is 0 Å². The number of halogens is 1. The molecule has 1 fully saturated rings. The summed E-state index contributed by atoms with van der Waals surface area (Å²) >= 11 is 0. The van der Waals surface area contributed by atoms with E-state index in [0.29, 0.717) is 17.9 Å². The summed E-state index contributed by atoms with van der Waals surface area (Å²) in [6.07, 6.45) is 3.80. The molecule has 1 aliphatic heterocycles. The Bertz CT molecular complexity index is 413. The zero-order valence-corrected chi connectivity index (χ0v) is 10.9. The van der Waals surface area contributed by atoms with E-state index in [-0.39, 0.29) is 5.82 Å². The molecule has 2 rings (SSSR count). The van der Waals surface area contributed by atoms with Gasteiger partial charge in [-0.2, -0.15) is 0 Å². The van der Waals surface area contributed by atoms with E-state index in [0.717, 1.165) is 32.4 Å². The number of rotatable bonds is 5. The molecule has 1 aromatic carbocycles. The summed E-state index contributed by atoms with van der Waals surface area (Å²) in [6, 6.07) is 5.82. The normalized spacial score (nSPS) is 18.2. The van der Waals surface area contributed by atoms with Gasteiger partial charge in [-0.3, -0.25) is 4.79 Å². The smallest absolute Gasteiger partial charge is 0.310 e. The monoisotopic (exact) mass is 265 g/mol. The van der Waals surface area contributed by atoms with Gasteiger partial charge >= 0.3 is 5.97 Å². The lowest BCUT2D eigenvalue weighted by Crippen LogP contribution is -2.28. The van der Waals surface area contributed by atoms with Crippen LogP contribution < -0.4 is 5.32 Å². The Morgan fingerprint density at radius 1 is 1.32 bits per heavy atom. The first kappa shape index (κ1) is 14.0. The minimum atomic E-state index is -0.819. The van der Waals surface area contributed by atoms with Gasteiger partial charge in [-0.1, -0.05) is 12.1 Å². The number of nitrogens with one attached hydrogen (secondary N) is 1. The van der Waals surface area contributed by atoms with Crippen molar-refractivity contribution in [1.29, 1.82) is 0 Å². The van der Waals surface area contributed by atoms with E-state index in [1.54, 1.807) is 12.1 Å². The van der Waals surface area contributed by atoms with Gasteiger partial charge in [-0.15, -0.1) is 0 Å².